The number of benzene rings is 1. The molecular weight excluding hydrogens is 316 g/mol. The van der Waals surface area contributed by atoms with Crippen LogP contribution in [-0.2, 0) is 18.8 Å². The Bertz CT molecular complexity index is 797. The molecule has 0 spiro atoms. The molecule has 3 aromatic rings. The molecule has 1 aromatic carbocycles. The van der Waals surface area contributed by atoms with Crippen LogP contribution in [0.15, 0.2) is 17.5 Å². The first-order valence-electron chi connectivity index (χ1n) is 6.39. The molecule has 0 unspecified atom stereocenters. The molecule has 7 heteroatoms. The minimum atomic E-state index is -0.666. The van der Waals surface area contributed by atoms with Gasteiger partial charge in [-0.1, -0.05) is 0 Å². The highest BCUT2D eigenvalue weighted by atomic mass is 35.5. The highest BCUT2D eigenvalue weighted by molar-refractivity contribution is 7.09. The highest BCUT2D eigenvalue weighted by Crippen LogP contribution is 2.23. The molecule has 0 N–H and O–H groups in total. The van der Waals surface area contributed by atoms with Gasteiger partial charge in [-0.25, -0.2) is 18.7 Å². The van der Waals surface area contributed by atoms with Gasteiger partial charge in [0.05, 0.1) is 16.4 Å². The van der Waals surface area contributed by atoms with Gasteiger partial charge in [-0.3, -0.25) is 0 Å². The molecular formula is C14H12ClF2N3S. The average molecular weight is 328 g/mol. The van der Waals surface area contributed by atoms with Gasteiger partial charge in [-0.15, -0.1) is 22.9 Å². The van der Waals surface area contributed by atoms with Gasteiger partial charge in [0.25, 0.3) is 0 Å². The maximum Gasteiger partial charge on any atom is 0.153 e. The number of halogens is 3. The van der Waals surface area contributed by atoms with Crippen LogP contribution in [0.25, 0.3) is 11.0 Å². The van der Waals surface area contributed by atoms with Gasteiger partial charge in [0.1, 0.15) is 17.2 Å². The van der Waals surface area contributed by atoms with Crippen molar-refractivity contribution in [1.29, 1.82) is 0 Å². The summed E-state index contributed by atoms with van der Waals surface area (Å²) >= 11 is 7.44. The third kappa shape index (κ3) is 2.78. The van der Waals surface area contributed by atoms with E-state index in [0.29, 0.717) is 24.3 Å². The SMILES string of the molecule is Cc1csc(CCn2c(CCl)nc3c(F)cc(F)cc32)n1. The summed E-state index contributed by atoms with van der Waals surface area (Å²) in [4.78, 5) is 8.55. The molecule has 0 aliphatic heterocycles. The van der Waals surface area contributed by atoms with Gasteiger partial charge < -0.3 is 4.57 Å². The lowest BCUT2D eigenvalue weighted by Crippen LogP contribution is -2.05. The molecule has 110 valence electrons. The van der Waals surface area contributed by atoms with E-state index >= 15 is 0 Å². The second-order valence-electron chi connectivity index (χ2n) is 4.70. The lowest BCUT2D eigenvalue weighted by molar-refractivity contribution is 0.589. The Morgan fingerprint density at radius 2 is 2.10 bits per heavy atom. The van der Waals surface area contributed by atoms with Crippen molar-refractivity contribution in [2.75, 3.05) is 0 Å². The zero-order valence-electron chi connectivity index (χ0n) is 11.2. The van der Waals surface area contributed by atoms with Crippen LogP contribution in [0, 0.1) is 18.6 Å². The molecule has 0 atom stereocenters. The molecule has 3 rings (SSSR count). The van der Waals surface area contributed by atoms with Crippen LogP contribution < -0.4 is 0 Å². The summed E-state index contributed by atoms with van der Waals surface area (Å²) in [6.07, 6.45) is 0.673. The van der Waals surface area contributed by atoms with Gasteiger partial charge in [-0.2, -0.15) is 0 Å². The van der Waals surface area contributed by atoms with Crippen molar-refractivity contribution in [1.82, 2.24) is 14.5 Å². The van der Waals surface area contributed by atoms with E-state index in [9.17, 15) is 8.78 Å². The van der Waals surface area contributed by atoms with E-state index in [2.05, 4.69) is 9.97 Å². The van der Waals surface area contributed by atoms with E-state index in [0.717, 1.165) is 16.8 Å². The number of imidazole rings is 1. The third-order valence-electron chi connectivity index (χ3n) is 3.19. The second-order valence-corrected chi connectivity index (χ2v) is 5.91. The quantitative estimate of drug-likeness (QED) is 0.676. The van der Waals surface area contributed by atoms with Gasteiger partial charge in [-0.05, 0) is 13.0 Å². The summed E-state index contributed by atoms with van der Waals surface area (Å²) in [6.45, 7) is 2.47. The molecule has 21 heavy (non-hydrogen) atoms. The Morgan fingerprint density at radius 1 is 1.29 bits per heavy atom. The summed E-state index contributed by atoms with van der Waals surface area (Å²) < 4.78 is 29.0. The fourth-order valence-electron chi connectivity index (χ4n) is 2.27. The molecule has 0 bridgehead atoms. The predicted molar refractivity (Wildman–Crippen MR) is 79.8 cm³/mol. The Balaban J connectivity index is 1.99. The fraction of sp³-hybridized carbons (Fsp3) is 0.286. The number of nitrogens with zero attached hydrogens (tertiary/aromatic N) is 3. The van der Waals surface area contributed by atoms with Gasteiger partial charge in [0.15, 0.2) is 5.82 Å². The molecule has 2 aromatic heterocycles. The summed E-state index contributed by atoms with van der Waals surface area (Å²) in [5.41, 5.74) is 1.55. The summed E-state index contributed by atoms with van der Waals surface area (Å²) in [6, 6.07) is 2.12. The standard InChI is InChI=1S/C14H12ClF2N3S/c1-8-7-21-13(18-8)2-3-20-11-5-9(16)4-10(17)14(11)19-12(20)6-15/h4-5,7H,2-3,6H2,1H3. The zero-order chi connectivity index (χ0) is 15.0. The second kappa shape index (κ2) is 5.69. The van der Waals surface area contributed by atoms with Crippen molar-refractivity contribution in [2.24, 2.45) is 0 Å². The number of hydrogen-bond acceptors (Lipinski definition) is 3. The molecule has 0 saturated carbocycles. The molecule has 0 fully saturated rings. The minimum absolute atomic E-state index is 0.145. The minimum Gasteiger partial charge on any atom is -0.326 e. The van der Waals surface area contributed by atoms with Crippen molar-refractivity contribution >= 4 is 34.0 Å². The number of fused-ring (bicyclic) bond motifs is 1. The Morgan fingerprint density at radius 3 is 2.76 bits per heavy atom. The van der Waals surface area contributed by atoms with Crippen LogP contribution in [0.1, 0.15) is 16.5 Å². The molecule has 3 nitrogen and oxygen atoms in total. The Labute approximate surface area is 129 Å². The number of aryl methyl sites for hydroxylation is 3. The van der Waals surface area contributed by atoms with Crippen LogP contribution in [-0.4, -0.2) is 14.5 Å². The first-order valence-corrected chi connectivity index (χ1v) is 7.81. The van der Waals surface area contributed by atoms with E-state index in [1.54, 1.807) is 15.9 Å². The first kappa shape index (κ1) is 14.4. The fourth-order valence-corrected chi connectivity index (χ4v) is 3.24. The molecule has 0 aliphatic rings. The van der Waals surface area contributed by atoms with E-state index < -0.39 is 11.6 Å². The van der Waals surface area contributed by atoms with Crippen LogP contribution in [0.4, 0.5) is 8.78 Å². The van der Waals surface area contributed by atoms with Crippen molar-refractivity contribution in [3.63, 3.8) is 0 Å². The van der Waals surface area contributed by atoms with Gasteiger partial charge in [0.2, 0.25) is 0 Å². The summed E-state index contributed by atoms with van der Waals surface area (Å²) in [5, 5.41) is 2.95. The summed E-state index contributed by atoms with van der Waals surface area (Å²) in [5.74, 6) is -0.607. The lowest BCUT2D eigenvalue weighted by Gasteiger charge is -2.06. The number of thiazole rings is 1. The Hall–Kier alpha value is -1.53. The van der Waals surface area contributed by atoms with Crippen molar-refractivity contribution in [2.45, 2.75) is 25.8 Å². The van der Waals surface area contributed by atoms with E-state index in [1.165, 1.54) is 6.07 Å². The molecule has 2 heterocycles. The monoisotopic (exact) mass is 327 g/mol. The van der Waals surface area contributed by atoms with Crippen LogP contribution in [0.5, 0.6) is 0 Å². The van der Waals surface area contributed by atoms with E-state index in [1.807, 2.05) is 12.3 Å². The van der Waals surface area contributed by atoms with Crippen molar-refractivity contribution in [3.8, 4) is 0 Å². The number of hydrogen-bond donors (Lipinski definition) is 0. The number of rotatable bonds is 4. The normalized spacial score (nSPS) is 11.4. The lowest BCUT2D eigenvalue weighted by atomic mass is 10.3. The number of alkyl halides is 1. The predicted octanol–water partition coefficient (Wildman–Crippen LogP) is 4.06. The van der Waals surface area contributed by atoms with Gasteiger partial charge >= 0.3 is 0 Å². The smallest absolute Gasteiger partial charge is 0.153 e. The number of aromatic nitrogens is 3. The molecule has 0 amide bonds. The average Bonchev–Trinajstić information content (AvgIpc) is 3.00. The van der Waals surface area contributed by atoms with Crippen LogP contribution in [0.3, 0.4) is 0 Å². The van der Waals surface area contributed by atoms with E-state index in [-0.39, 0.29) is 11.4 Å². The first-order chi connectivity index (χ1) is 10.1. The zero-order valence-corrected chi connectivity index (χ0v) is 12.8. The van der Waals surface area contributed by atoms with Crippen LogP contribution in [0.2, 0.25) is 0 Å². The molecule has 0 aliphatic carbocycles. The molecule has 0 saturated heterocycles. The summed E-state index contributed by atoms with van der Waals surface area (Å²) in [7, 11) is 0. The maximum absolute atomic E-state index is 13.8. The highest BCUT2D eigenvalue weighted by Gasteiger charge is 2.15. The molecule has 0 radical (unpaired) electrons. The van der Waals surface area contributed by atoms with Crippen molar-refractivity contribution < 1.29 is 8.78 Å². The topological polar surface area (TPSA) is 30.7 Å². The Kier molecular flexibility index (Phi) is 3.91. The maximum atomic E-state index is 13.8. The van der Waals surface area contributed by atoms with Crippen LogP contribution >= 0.6 is 22.9 Å². The third-order valence-corrected chi connectivity index (χ3v) is 4.45. The van der Waals surface area contributed by atoms with Gasteiger partial charge in [0, 0.05) is 30.1 Å². The van der Waals surface area contributed by atoms with Crippen molar-refractivity contribution in [3.05, 3.63) is 45.7 Å². The largest absolute Gasteiger partial charge is 0.326 e. The van der Waals surface area contributed by atoms with E-state index in [4.69, 9.17) is 11.6 Å².